The van der Waals surface area contributed by atoms with E-state index in [1.165, 1.54) is 24.4 Å². The zero-order valence-corrected chi connectivity index (χ0v) is 10.9. The lowest BCUT2D eigenvalue weighted by molar-refractivity contribution is 0.0693. The van der Waals surface area contributed by atoms with E-state index in [1.54, 1.807) is 6.92 Å². The summed E-state index contributed by atoms with van der Waals surface area (Å²) < 4.78 is 13.5. The zero-order chi connectivity index (χ0) is 15.6. The van der Waals surface area contributed by atoms with Crippen LogP contribution in [0, 0.1) is 12.7 Å². The predicted molar refractivity (Wildman–Crippen MR) is 73.1 cm³/mol. The Hall–Kier alpha value is -2.96. The molecule has 2 rings (SSSR count). The van der Waals surface area contributed by atoms with Crippen LogP contribution in [-0.4, -0.2) is 22.0 Å². The Balaban J connectivity index is 2.39. The van der Waals surface area contributed by atoms with Crippen LogP contribution in [-0.2, 0) is 0 Å². The number of aryl methyl sites for hydroxylation is 1. The van der Waals surface area contributed by atoms with Crippen molar-refractivity contribution in [2.45, 2.75) is 6.92 Å². The number of H-pyrrole nitrogens is 1. The van der Waals surface area contributed by atoms with Gasteiger partial charge in [0.25, 0.3) is 5.91 Å². The molecule has 0 saturated heterocycles. The van der Waals surface area contributed by atoms with E-state index in [2.05, 4.69) is 10.3 Å². The third-order valence-electron chi connectivity index (χ3n) is 2.78. The van der Waals surface area contributed by atoms with Gasteiger partial charge in [0.1, 0.15) is 16.9 Å². The van der Waals surface area contributed by atoms with Crippen LogP contribution in [0.5, 0.6) is 0 Å². The summed E-state index contributed by atoms with van der Waals surface area (Å²) in [6.45, 7) is 1.65. The van der Waals surface area contributed by atoms with Gasteiger partial charge in [0.15, 0.2) is 5.43 Å². The van der Waals surface area contributed by atoms with Crippen LogP contribution in [0.1, 0.15) is 26.4 Å². The van der Waals surface area contributed by atoms with Crippen LogP contribution in [0.2, 0.25) is 0 Å². The van der Waals surface area contributed by atoms with Crippen LogP contribution in [0.4, 0.5) is 10.1 Å². The molecule has 108 valence electrons. The number of carboxylic acid groups (broad SMARTS) is 1. The van der Waals surface area contributed by atoms with Crippen molar-refractivity contribution in [2.75, 3.05) is 5.32 Å². The summed E-state index contributed by atoms with van der Waals surface area (Å²) in [6.07, 6.45) is 1.22. The number of benzene rings is 1. The smallest absolute Gasteiger partial charge is 0.340 e. The summed E-state index contributed by atoms with van der Waals surface area (Å²) in [6, 6.07) is 4.71. The Labute approximate surface area is 118 Å². The Morgan fingerprint density at radius 2 is 2.05 bits per heavy atom. The van der Waals surface area contributed by atoms with Crippen molar-refractivity contribution in [3.8, 4) is 0 Å². The van der Waals surface area contributed by atoms with E-state index in [4.69, 9.17) is 5.11 Å². The van der Waals surface area contributed by atoms with E-state index >= 15 is 0 Å². The summed E-state index contributed by atoms with van der Waals surface area (Å²) in [5, 5.41) is 11.2. The minimum Gasteiger partial charge on any atom is -0.478 e. The number of pyridine rings is 1. The average molecular weight is 290 g/mol. The number of carbonyl (C=O) groups is 2. The molecule has 1 aromatic heterocycles. The van der Waals surface area contributed by atoms with E-state index in [9.17, 15) is 18.8 Å². The molecule has 0 spiro atoms. The number of nitrogens with one attached hydrogen (secondary N) is 2. The molecule has 0 unspecified atom stereocenters. The van der Waals surface area contributed by atoms with Gasteiger partial charge in [0.05, 0.1) is 5.69 Å². The molecule has 0 bridgehead atoms. The number of hydrogen-bond acceptors (Lipinski definition) is 3. The van der Waals surface area contributed by atoms with E-state index in [0.29, 0.717) is 5.69 Å². The number of rotatable bonds is 3. The highest BCUT2D eigenvalue weighted by molar-refractivity contribution is 6.07. The second-order valence-electron chi connectivity index (χ2n) is 4.32. The highest BCUT2D eigenvalue weighted by atomic mass is 19.1. The lowest BCUT2D eigenvalue weighted by Gasteiger charge is -2.08. The molecule has 0 fully saturated rings. The number of anilines is 1. The third-order valence-corrected chi connectivity index (χ3v) is 2.78. The van der Waals surface area contributed by atoms with Crippen molar-refractivity contribution in [1.29, 1.82) is 0 Å². The first-order valence-corrected chi connectivity index (χ1v) is 5.92. The van der Waals surface area contributed by atoms with Crippen LogP contribution >= 0.6 is 0 Å². The molecule has 2 aromatic rings. The van der Waals surface area contributed by atoms with Gasteiger partial charge in [-0.05, 0) is 19.1 Å². The fourth-order valence-electron chi connectivity index (χ4n) is 1.79. The topological polar surface area (TPSA) is 99.3 Å². The van der Waals surface area contributed by atoms with Crippen molar-refractivity contribution < 1.29 is 19.1 Å². The fourth-order valence-corrected chi connectivity index (χ4v) is 1.79. The molecular formula is C14H11FN2O4. The lowest BCUT2D eigenvalue weighted by Crippen LogP contribution is -2.23. The molecule has 0 radical (unpaired) electrons. The van der Waals surface area contributed by atoms with Crippen molar-refractivity contribution in [1.82, 2.24) is 4.98 Å². The lowest BCUT2D eigenvalue weighted by atomic mass is 10.1. The standard InChI is InChI=1S/C14H11FN2O4/c1-7-5-11(18)8(6-16-7)13(19)17-10-4-2-3-9(15)12(10)14(20)21/h2-6H,1H3,(H,16,18)(H,17,19)(H,20,21). The summed E-state index contributed by atoms with van der Waals surface area (Å²) in [5.41, 5.74) is -1.01. The molecule has 6 nitrogen and oxygen atoms in total. The van der Waals surface area contributed by atoms with Crippen LogP contribution in [0.15, 0.2) is 35.3 Å². The van der Waals surface area contributed by atoms with E-state index in [1.807, 2.05) is 0 Å². The quantitative estimate of drug-likeness (QED) is 0.802. The van der Waals surface area contributed by atoms with E-state index in [-0.39, 0.29) is 11.3 Å². The first-order valence-electron chi connectivity index (χ1n) is 5.92. The molecule has 0 saturated carbocycles. The van der Waals surface area contributed by atoms with Crippen molar-refractivity contribution >= 4 is 17.6 Å². The predicted octanol–water partition coefficient (Wildman–Crippen LogP) is 1.77. The number of carboxylic acids is 1. The average Bonchev–Trinajstić information content (AvgIpc) is 2.37. The van der Waals surface area contributed by atoms with Gasteiger partial charge < -0.3 is 15.4 Å². The Kier molecular flexibility index (Phi) is 3.84. The molecule has 0 aliphatic heterocycles. The van der Waals surface area contributed by atoms with E-state index < -0.39 is 28.7 Å². The van der Waals surface area contributed by atoms with Crippen LogP contribution < -0.4 is 10.7 Å². The van der Waals surface area contributed by atoms with Gasteiger partial charge in [-0.15, -0.1) is 0 Å². The van der Waals surface area contributed by atoms with Gasteiger partial charge in [-0.25, -0.2) is 9.18 Å². The molecule has 21 heavy (non-hydrogen) atoms. The zero-order valence-electron chi connectivity index (χ0n) is 10.9. The number of amides is 1. The highest BCUT2D eigenvalue weighted by Gasteiger charge is 2.19. The van der Waals surface area contributed by atoms with Gasteiger partial charge in [-0.3, -0.25) is 9.59 Å². The number of aromatic carboxylic acids is 1. The van der Waals surface area contributed by atoms with Crippen LogP contribution in [0.25, 0.3) is 0 Å². The van der Waals surface area contributed by atoms with E-state index in [0.717, 1.165) is 6.07 Å². The normalized spacial score (nSPS) is 10.2. The van der Waals surface area contributed by atoms with Gasteiger partial charge in [-0.1, -0.05) is 6.07 Å². The third kappa shape index (κ3) is 2.97. The Morgan fingerprint density at radius 1 is 1.33 bits per heavy atom. The largest absolute Gasteiger partial charge is 0.478 e. The molecule has 0 atom stereocenters. The Bertz CT molecular complexity index is 783. The minimum absolute atomic E-state index is 0.193. The van der Waals surface area contributed by atoms with Gasteiger partial charge in [-0.2, -0.15) is 0 Å². The monoisotopic (exact) mass is 290 g/mol. The number of aromatic nitrogens is 1. The SMILES string of the molecule is Cc1cc(=O)c(C(=O)Nc2cccc(F)c2C(=O)O)c[nH]1. The molecule has 0 aliphatic carbocycles. The molecule has 0 aliphatic rings. The van der Waals surface area contributed by atoms with Gasteiger partial charge >= 0.3 is 5.97 Å². The van der Waals surface area contributed by atoms with Gasteiger partial charge in [0, 0.05) is 18.0 Å². The van der Waals surface area contributed by atoms with Gasteiger partial charge in [0.2, 0.25) is 0 Å². The summed E-state index contributed by atoms with van der Waals surface area (Å²) >= 11 is 0. The molecule has 3 N–H and O–H groups in total. The second kappa shape index (κ2) is 5.58. The van der Waals surface area contributed by atoms with Crippen LogP contribution in [0.3, 0.4) is 0 Å². The van der Waals surface area contributed by atoms with Crippen molar-refractivity contribution in [3.05, 3.63) is 63.3 Å². The highest BCUT2D eigenvalue weighted by Crippen LogP contribution is 2.19. The molecule has 1 amide bonds. The summed E-state index contributed by atoms with van der Waals surface area (Å²) in [5.74, 6) is -3.30. The molecule has 1 aromatic carbocycles. The maximum Gasteiger partial charge on any atom is 0.340 e. The first kappa shape index (κ1) is 14.4. The van der Waals surface area contributed by atoms with Crippen molar-refractivity contribution in [2.24, 2.45) is 0 Å². The van der Waals surface area contributed by atoms with Crippen molar-refractivity contribution in [3.63, 3.8) is 0 Å². The maximum atomic E-state index is 13.5. The first-order chi connectivity index (χ1) is 9.90. The second-order valence-corrected chi connectivity index (χ2v) is 4.32. The number of aromatic amines is 1. The fraction of sp³-hybridized carbons (Fsp3) is 0.0714. The summed E-state index contributed by atoms with van der Waals surface area (Å²) in [7, 11) is 0. The molecule has 7 heteroatoms. The molecule has 1 heterocycles. The minimum atomic E-state index is -1.51. The number of halogens is 1. The maximum absolute atomic E-state index is 13.5. The number of carbonyl (C=O) groups excluding carboxylic acids is 1. The Morgan fingerprint density at radius 3 is 2.67 bits per heavy atom. The molecular weight excluding hydrogens is 279 g/mol. The number of hydrogen-bond donors (Lipinski definition) is 3. The summed E-state index contributed by atoms with van der Waals surface area (Å²) in [4.78, 5) is 37.4.